The van der Waals surface area contributed by atoms with Crippen molar-refractivity contribution in [2.45, 2.75) is 26.7 Å². The van der Waals surface area contributed by atoms with Crippen molar-refractivity contribution in [3.05, 3.63) is 34.5 Å². The molecule has 0 N–H and O–H groups in total. The molecule has 0 fully saturated rings. The van der Waals surface area contributed by atoms with Crippen molar-refractivity contribution in [1.29, 1.82) is 0 Å². The molecule has 2 aromatic rings. The highest BCUT2D eigenvalue weighted by molar-refractivity contribution is 6.31. The first-order valence-corrected chi connectivity index (χ1v) is 5.60. The van der Waals surface area contributed by atoms with E-state index in [-0.39, 0.29) is 5.78 Å². The van der Waals surface area contributed by atoms with Crippen molar-refractivity contribution in [2.75, 3.05) is 0 Å². The Balaban J connectivity index is 2.75. The van der Waals surface area contributed by atoms with E-state index in [0.717, 1.165) is 16.5 Å². The van der Waals surface area contributed by atoms with E-state index in [4.69, 9.17) is 16.0 Å². The quantitative estimate of drug-likeness (QED) is 0.723. The molecule has 1 aromatic heterocycles. The van der Waals surface area contributed by atoms with Crippen LogP contribution in [-0.2, 0) is 0 Å². The lowest BCUT2D eigenvalue weighted by Gasteiger charge is -2.06. The first kappa shape index (κ1) is 11.2. The zero-order valence-electron chi connectivity index (χ0n) is 9.50. The number of halogens is 1. The van der Waals surface area contributed by atoms with Crippen LogP contribution in [-0.4, -0.2) is 5.78 Å². The topological polar surface area (TPSA) is 30.2 Å². The van der Waals surface area contributed by atoms with Crippen molar-refractivity contribution in [1.82, 2.24) is 0 Å². The second kappa shape index (κ2) is 3.95. The second-order valence-corrected chi connectivity index (χ2v) is 4.67. The molecule has 1 aromatic carbocycles. The maximum Gasteiger partial charge on any atom is 0.194 e. The summed E-state index contributed by atoms with van der Waals surface area (Å²) in [5.74, 6) is 0.633. The first-order valence-electron chi connectivity index (χ1n) is 5.23. The van der Waals surface area contributed by atoms with Crippen LogP contribution in [0.2, 0.25) is 5.02 Å². The predicted octanol–water partition coefficient (Wildman–Crippen LogP) is 4.41. The Bertz CT molecular complexity index is 552. The Hall–Kier alpha value is -1.28. The van der Waals surface area contributed by atoms with E-state index in [0.29, 0.717) is 16.7 Å². The van der Waals surface area contributed by atoms with Crippen LogP contribution in [0.4, 0.5) is 0 Å². The number of hydrogen-bond acceptors (Lipinski definition) is 2. The summed E-state index contributed by atoms with van der Waals surface area (Å²) in [5.41, 5.74) is 1.81. The number of furan rings is 1. The fraction of sp³-hybridized carbons (Fsp3) is 0.308. The molecule has 2 nitrogen and oxygen atoms in total. The number of benzene rings is 1. The number of Topliss-reactive ketones (excluding diaryl/α,β-unsaturated/α-hetero) is 1. The van der Waals surface area contributed by atoms with Gasteiger partial charge in [-0.2, -0.15) is 0 Å². The average Bonchev–Trinajstić information content (AvgIpc) is 2.59. The van der Waals surface area contributed by atoms with Gasteiger partial charge in [-0.1, -0.05) is 25.4 Å². The Labute approximate surface area is 99.2 Å². The maximum atomic E-state index is 11.3. The Morgan fingerprint density at radius 2 is 2.00 bits per heavy atom. The summed E-state index contributed by atoms with van der Waals surface area (Å²) in [6, 6.07) is 5.45. The average molecular weight is 237 g/mol. The molecule has 0 aliphatic heterocycles. The molecule has 1 heterocycles. The predicted molar refractivity (Wildman–Crippen MR) is 65.3 cm³/mol. The maximum absolute atomic E-state index is 11.3. The van der Waals surface area contributed by atoms with E-state index in [2.05, 4.69) is 13.8 Å². The first-order chi connectivity index (χ1) is 7.49. The molecular weight excluding hydrogens is 224 g/mol. The van der Waals surface area contributed by atoms with Crippen molar-refractivity contribution in [2.24, 2.45) is 0 Å². The summed E-state index contributed by atoms with van der Waals surface area (Å²) in [6.07, 6.45) is 0. The fourth-order valence-corrected chi connectivity index (χ4v) is 1.98. The molecular formula is C13H13ClO2. The summed E-state index contributed by atoms with van der Waals surface area (Å²) < 4.78 is 5.57. The Morgan fingerprint density at radius 1 is 1.31 bits per heavy atom. The lowest BCUT2D eigenvalue weighted by molar-refractivity contribution is 0.0989. The van der Waals surface area contributed by atoms with Crippen LogP contribution in [0.1, 0.15) is 42.8 Å². The standard InChI is InChI=1S/C13H13ClO2/c1-7(2)11-6-10(14)4-9-5-12(8(3)15)16-13(9)11/h4-7H,1-3H3. The monoisotopic (exact) mass is 236 g/mol. The summed E-state index contributed by atoms with van der Waals surface area (Å²) in [5, 5.41) is 1.56. The fourth-order valence-electron chi connectivity index (χ4n) is 1.74. The van der Waals surface area contributed by atoms with E-state index in [1.54, 1.807) is 6.07 Å². The third-order valence-electron chi connectivity index (χ3n) is 2.58. The van der Waals surface area contributed by atoms with Gasteiger partial charge in [-0.3, -0.25) is 4.79 Å². The van der Waals surface area contributed by atoms with Crippen LogP contribution in [0.3, 0.4) is 0 Å². The van der Waals surface area contributed by atoms with Gasteiger partial charge in [0.1, 0.15) is 5.58 Å². The van der Waals surface area contributed by atoms with Crippen LogP contribution in [0.15, 0.2) is 22.6 Å². The molecule has 0 aliphatic rings. The summed E-state index contributed by atoms with van der Waals surface area (Å²) in [7, 11) is 0. The van der Waals surface area contributed by atoms with Gasteiger partial charge in [0.25, 0.3) is 0 Å². The minimum Gasteiger partial charge on any atom is -0.453 e. The van der Waals surface area contributed by atoms with E-state index < -0.39 is 0 Å². The minimum absolute atomic E-state index is 0.0676. The van der Waals surface area contributed by atoms with Gasteiger partial charge in [-0.25, -0.2) is 0 Å². The van der Waals surface area contributed by atoms with Gasteiger partial charge in [0, 0.05) is 17.3 Å². The van der Waals surface area contributed by atoms with E-state index in [9.17, 15) is 4.79 Å². The molecule has 84 valence electrons. The number of fused-ring (bicyclic) bond motifs is 1. The third-order valence-corrected chi connectivity index (χ3v) is 2.80. The normalized spacial score (nSPS) is 11.3. The third kappa shape index (κ3) is 1.85. The molecule has 2 rings (SSSR count). The Morgan fingerprint density at radius 3 is 2.56 bits per heavy atom. The van der Waals surface area contributed by atoms with Gasteiger partial charge in [0.2, 0.25) is 0 Å². The second-order valence-electron chi connectivity index (χ2n) is 4.23. The molecule has 0 spiro atoms. The zero-order valence-corrected chi connectivity index (χ0v) is 10.3. The number of rotatable bonds is 2. The summed E-state index contributed by atoms with van der Waals surface area (Å²) >= 11 is 6.03. The highest BCUT2D eigenvalue weighted by Crippen LogP contribution is 2.31. The summed E-state index contributed by atoms with van der Waals surface area (Å²) in [6.45, 7) is 5.64. The van der Waals surface area contributed by atoms with Gasteiger partial charge in [-0.15, -0.1) is 0 Å². The van der Waals surface area contributed by atoms with Crippen molar-refractivity contribution in [3.8, 4) is 0 Å². The molecule has 0 unspecified atom stereocenters. The molecule has 0 saturated heterocycles. The van der Waals surface area contributed by atoms with Gasteiger partial charge in [0.15, 0.2) is 11.5 Å². The van der Waals surface area contributed by atoms with E-state index in [1.807, 2.05) is 12.1 Å². The van der Waals surface area contributed by atoms with Crippen LogP contribution in [0.5, 0.6) is 0 Å². The highest BCUT2D eigenvalue weighted by Gasteiger charge is 2.14. The summed E-state index contributed by atoms with van der Waals surface area (Å²) in [4.78, 5) is 11.3. The van der Waals surface area contributed by atoms with Gasteiger partial charge >= 0.3 is 0 Å². The van der Waals surface area contributed by atoms with Gasteiger partial charge in [0.05, 0.1) is 0 Å². The molecule has 16 heavy (non-hydrogen) atoms. The van der Waals surface area contributed by atoms with Crippen LogP contribution in [0.25, 0.3) is 11.0 Å². The number of carbonyl (C=O) groups is 1. The van der Waals surface area contributed by atoms with E-state index in [1.165, 1.54) is 6.92 Å². The molecule has 3 heteroatoms. The zero-order chi connectivity index (χ0) is 11.9. The molecule has 0 bridgehead atoms. The minimum atomic E-state index is -0.0676. The van der Waals surface area contributed by atoms with Crippen LogP contribution >= 0.6 is 11.6 Å². The SMILES string of the molecule is CC(=O)c1cc2cc(Cl)cc(C(C)C)c2o1. The van der Waals surface area contributed by atoms with E-state index >= 15 is 0 Å². The molecule has 0 amide bonds. The molecule has 0 atom stereocenters. The lowest BCUT2D eigenvalue weighted by Crippen LogP contribution is -1.88. The molecule has 0 radical (unpaired) electrons. The highest BCUT2D eigenvalue weighted by atomic mass is 35.5. The van der Waals surface area contributed by atoms with Crippen LogP contribution < -0.4 is 0 Å². The number of ketones is 1. The van der Waals surface area contributed by atoms with Crippen molar-refractivity contribution >= 4 is 28.4 Å². The largest absolute Gasteiger partial charge is 0.453 e. The van der Waals surface area contributed by atoms with Crippen molar-refractivity contribution in [3.63, 3.8) is 0 Å². The van der Waals surface area contributed by atoms with Crippen molar-refractivity contribution < 1.29 is 9.21 Å². The number of hydrogen-bond donors (Lipinski definition) is 0. The van der Waals surface area contributed by atoms with Crippen LogP contribution in [0, 0.1) is 0 Å². The molecule has 0 saturated carbocycles. The van der Waals surface area contributed by atoms with Gasteiger partial charge < -0.3 is 4.42 Å². The number of carbonyl (C=O) groups excluding carboxylic acids is 1. The van der Waals surface area contributed by atoms with Gasteiger partial charge in [-0.05, 0) is 29.7 Å². The lowest BCUT2D eigenvalue weighted by atomic mass is 10.0. The Kier molecular flexibility index (Phi) is 2.76. The smallest absolute Gasteiger partial charge is 0.194 e. The molecule has 0 aliphatic carbocycles.